The SMILES string of the molecule is COc1cc(OC)nc(Oc2ccccc2CNc2ccc(Cl)cc2)n1. The minimum Gasteiger partial charge on any atom is -0.481 e. The lowest BCUT2D eigenvalue weighted by molar-refractivity contribution is 0.347. The molecule has 26 heavy (non-hydrogen) atoms. The van der Waals surface area contributed by atoms with Crippen molar-refractivity contribution in [2.24, 2.45) is 0 Å². The van der Waals surface area contributed by atoms with Gasteiger partial charge in [-0.15, -0.1) is 0 Å². The molecular weight excluding hydrogens is 354 g/mol. The Balaban J connectivity index is 1.77. The van der Waals surface area contributed by atoms with E-state index in [1.165, 1.54) is 14.2 Å². The van der Waals surface area contributed by atoms with Gasteiger partial charge in [0, 0.05) is 22.8 Å². The summed E-state index contributed by atoms with van der Waals surface area (Å²) in [6, 6.07) is 16.9. The summed E-state index contributed by atoms with van der Waals surface area (Å²) in [5, 5.41) is 4.03. The predicted octanol–water partition coefficient (Wildman–Crippen LogP) is 4.55. The van der Waals surface area contributed by atoms with Crippen molar-refractivity contribution < 1.29 is 14.2 Å². The average Bonchev–Trinajstić information content (AvgIpc) is 2.68. The third kappa shape index (κ3) is 4.55. The Kier molecular flexibility index (Phi) is 5.76. The highest BCUT2D eigenvalue weighted by atomic mass is 35.5. The Bertz CT molecular complexity index is 850. The number of hydrogen-bond donors (Lipinski definition) is 1. The molecule has 0 unspecified atom stereocenters. The fourth-order valence-corrected chi connectivity index (χ4v) is 2.38. The molecule has 0 radical (unpaired) electrons. The minimum absolute atomic E-state index is 0.153. The smallest absolute Gasteiger partial charge is 0.328 e. The first-order valence-corrected chi connectivity index (χ1v) is 8.28. The van der Waals surface area contributed by atoms with Gasteiger partial charge in [-0.2, -0.15) is 9.97 Å². The van der Waals surface area contributed by atoms with Crippen molar-refractivity contribution in [3.8, 4) is 23.5 Å². The molecule has 2 aromatic carbocycles. The monoisotopic (exact) mass is 371 g/mol. The van der Waals surface area contributed by atoms with Gasteiger partial charge >= 0.3 is 6.01 Å². The van der Waals surface area contributed by atoms with Crippen LogP contribution in [0.15, 0.2) is 54.6 Å². The second-order valence-corrected chi connectivity index (χ2v) is 5.74. The van der Waals surface area contributed by atoms with Crippen LogP contribution in [-0.2, 0) is 6.54 Å². The fraction of sp³-hybridized carbons (Fsp3) is 0.158. The standard InChI is InChI=1S/C19H18ClN3O3/c1-24-17-11-18(25-2)23-19(22-17)26-16-6-4-3-5-13(16)12-21-15-9-7-14(20)8-10-15/h3-11,21H,12H2,1-2H3. The summed E-state index contributed by atoms with van der Waals surface area (Å²) in [6.07, 6.45) is 0. The zero-order chi connectivity index (χ0) is 18.4. The molecule has 7 heteroatoms. The van der Waals surface area contributed by atoms with Crippen LogP contribution in [0.1, 0.15) is 5.56 Å². The Labute approximate surface area is 156 Å². The molecule has 3 aromatic rings. The molecule has 0 aliphatic heterocycles. The number of halogens is 1. The van der Waals surface area contributed by atoms with Crippen LogP contribution >= 0.6 is 11.6 Å². The number of para-hydroxylation sites is 1. The molecule has 1 aromatic heterocycles. The molecule has 0 spiro atoms. The number of rotatable bonds is 7. The first kappa shape index (κ1) is 17.8. The summed E-state index contributed by atoms with van der Waals surface area (Å²) < 4.78 is 16.2. The summed E-state index contributed by atoms with van der Waals surface area (Å²) in [5.74, 6) is 1.37. The Morgan fingerprint density at radius 2 is 1.58 bits per heavy atom. The number of nitrogens with one attached hydrogen (secondary N) is 1. The van der Waals surface area contributed by atoms with Gasteiger partial charge < -0.3 is 19.5 Å². The number of ether oxygens (including phenoxy) is 3. The van der Waals surface area contributed by atoms with Crippen LogP contribution < -0.4 is 19.5 Å². The number of nitrogens with zero attached hydrogens (tertiary/aromatic N) is 2. The van der Waals surface area contributed by atoms with Gasteiger partial charge in [-0.05, 0) is 30.3 Å². The molecule has 0 bridgehead atoms. The van der Waals surface area contributed by atoms with Crippen molar-refractivity contribution in [3.05, 3.63) is 65.2 Å². The van der Waals surface area contributed by atoms with E-state index in [9.17, 15) is 0 Å². The van der Waals surface area contributed by atoms with E-state index in [0.29, 0.717) is 29.1 Å². The summed E-state index contributed by atoms with van der Waals surface area (Å²) >= 11 is 5.91. The maximum absolute atomic E-state index is 5.91. The Morgan fingerprint density at radius 1 is 0.923 bits per heavy atom. The van der Waals surface area contributed by atoms with Crippen LogP contribution in [0.5, 0.6) is 23.5 Å². The highest BCUT2D eigenvalue weighted by molar-refractivity contribution is 6.30. The molecule has 0 fully saturated rings. The lowest BCUT2D eigenvalue weighted by Crippen LogP contribution is -2.03. The third-order valence-electron chi connectivity index (χ3n) is 3.58. The quantitative estimate of drug-likeness (QED) is 0.657. The van der Waals surface area contributed by atoms with Crippen LogP contribution in [0.3, 0.4) is 0 Å². The van der Waals surface area contributed by atoms with E-state index in [-0.39, 0.29) is 6.01 Å². The van der Waals surface area contributed by atoms with Crippen LogP contribution in [0.25, 0.3) is 0 Å². The van der Waals surface area contributed by atoms with Crippen LogP contribution in [-0.4, -0.2) is 24.2 Å². The van der Waals surface area contributed by atoms with Gasteiger partial charge in [0.05, 0.1) is 20.3 Å². The lowest BCUT2D eigenvalue weighted by atomic mass is 10.2. The molecule has 0 saturated heterocycles. The maximum Gasteiger partial charge on any atom is 0.328 e. The van der Waals surface area contributed by atoms with Crippen molar-refractivity contribution in [2.75, 3.05) is 19.5 Å². The molecule has 0 amide bonds. The van der Waals surface area contributed by atoms with E-state index >= 15 is 0 Å². The number of benzene rings is 2. The van der Waals surface area contributed by atoms with Crippen LogP contribution in [0.2, 0.25) is 5.02 Å². The van der Waals surface area contributed by atoms with Gasteiger partial charge in [0.25, 0.3) is 0 Å². The van der Waals surface area contributed by atoms with E-state index in [1.54, 1.807) is 6.07 Å². The topological polar surface area (TPSA) is 65.5 Å². The molecular formula is C19H18ClN3O3. The largest absolute Gasteiger partial charge is 0.481 e. The van der Waals surface area contributed by atoms with Crippen molar-refractivity contribution in [3.63, 3.8) is 0 Å². The molecule has 0 atom stereocenters. The molecule has 0 saturated carbocycles. The lowest BCUT2D eigenvalue weighted by Gasteiger charge is -2.12. The Hall–Kier alpha value is -2.99. The Morgan fingerprint density at radius 3 is 2.23 bits per heavy atom. The van der Waals surface area contributed by atoms with E-state index in [4.69, 9.17) is 25.8 Å². The molecule has 1 N–H and O–H groups in total. The second-order valence-electron chi connectivity index (χ2n) is 5.31. The first-order valence-electron chi connectivity index (χ1n) is 7.90. The van der Waals surface area contributed by atoms with Crippen LogP contribution in [0.4, 0.5) is 5.69 Å². The number of aromatic nitrogens is 2. The van der Waals surface area contributed by atoms with Gasteiger partial charge in [-0.3, -0.25) is 0 Å². The summed E-state index contributed by atoms with van der Waals surface area (Å²) in [5.41, 5.74) is 1.91. The number of hydrogen-bond acceptors (Lipinski definition) is 6. The summed E-state index contributed by atoms with van der Waals surface area (Å²) in [6.45, 7) is 0.568. The minimum atomic E-state index is 0.153. The maximum atomic E-state index is 5.91. The zero-order valence-corrected chi connectivity index (χ0v) is 15.2. The molecule has 6 nitrogen and oxygen atoms in total. The van der Waals surface area contributed by atoms with Crippen LogP contribution in [0, 0.1) is 0 Å². The predicted molar refractivity (Wildman–Crippen MR) is 100 cm³/mol. The normalized spacial score (nSPS) is 10.3. The second kappa shape index (κ2) is 8.40. The zero-order valence-electron chi connectivity index (χ0n) is 14.4. The van der Waals surface area contributed by atoms with E-state index in [0.717, 1.165) is 11.3 Å². The molecule has 0 aliphatic rings. The van der Waals surface area contributed by atoms with Crippen molar-refractivity contribution in [1.82, 2.24) is 9.97 Å². The summed E-state index contributed by atoms with van der Waals surface area (Å²) in [4.78, 5) is 8.39. The highest BCUT2D eigenvalue weighted by Crippen LogP contribution is 2.27. The molecule has 0 aliphatic carbocycles. The van der Waals surface area contributed by atoms with Crippen molar-refractivity contribution in [2.45, 2.75) is 6.54 Å². The fourth-order valence-electron chi connectivity index (χ4n) is 2.25. The number of anilines is 1. The average molecular weight is 372 g/mol. The molecule has 3 rings (SSSR count). The van der Waals surface area contributed by atoms with Gasteiger partial charge in [-0.25, -0.2) is 0 Å². The van der Waals surface area contributed by atoms with Crippen molar-refractivity contribution in [1.29, 1.82) is 0 Å². The first-order chi connectivity index (χ1) is 12.7. The van der Waals surface area contributed by atoms with Gasteiger partial charge in [-0.1, -0.05) is 29.8 Å². The van der Waals surface area contributed by atoms with Gasteiger partial charge in [0.15, 0.2) is 0 Å². The van der Waals surface area contributed by atoms with E-state index in [1.807, 2.05) is 48.5 Å². The molecule has 1 heterocycles. The molecule has 134 valence electrons. The summed E-state index contributed by atoms with van der Waals surface area (Å²) in [7, 11) is 3.05. The third-order valence-corrected chi connectivity index (χ3v) is 3.83. The van der Waals surface area contributed by atoms with E-state index in [2.05, 4.69) is 15.3 Å². The van der Waals surface area contributed by atoms with E-state index < -0.39 is 0 Å². The van der Waals surface area contributed by atoms with Crippen molar-refractivity contribution >= 4 is 17.3 Å². The van der Waals surface area contributed by atoms with Gasteiger partial charge in [0.1, 0.15) is 5.75 Å². The highest BCUT2D eigenvalue weighted by Gasteiger charge is 2.10. The van der Waals surface area contributed by atoms with Gasteiger partial charge in [0.2, 0.25) is 11.8 Å². The number of methoxy groups -OCH3 is 2.